The lowest BCUT2D eigenvalue weighted by Gasteiger charge is -2.43. The molecule has 2 aliphatic heterocycles. The normalized spacial score (nSPS) is 42.5. The van der Waals surface area contributed by atoms with E-state index in [9.17, 15) is 25.2 Å². The molecule has 2 unspecified atom stereocenters. The van der Waals surface area contributed by atoms with Crippen LogP contribution in [0.5, 0.6) is 0 Å². The van der Waals surface area contributed by atoms with Crippen LogP contribution in [0.4, 0.5) is 0 Å². The SMILES string of the molecule is CC(C)[C@H]1CC(=O)N(C[C@]2(O)OC[C@@H](O)C(O)C2O)C1. The highest BCUT2D eigenvalue weighted by Gasteiger charge is 2.50. The molecule has 0 radical (unpaired) electrons. The number of hydrogen-bond acceptors (Lipinski definition) is 6. The Morgan fingerprint density at radius 1 is 1.40 bits per heavy atom. The smallest absolute Gasteiger partial charge is 0.223 e. The number of hydrogen-bond donors (Lipinski definition) is 4. The standard InChI is InChI=1S/C13H23NO6/c1-7(2)8-3-10(16)14(4-8)6-13(19)12(18)11(17)9(15)5-20-13/h7-9,11-12,15,17-19H,3-6H2,1-2H3/t8-,9+,11?,12?,13-/m0/s1. The largest absolute Gasteiger partial charge is 0.388 e. The van der Waals surface area contributed by atoms with Gasteiger partial charge in [-0.05, 0) is 11.8 Å². The van der Waals surface area contributed by atoms with E-state index in [0.717, 1.165) is 0 Å². The molecule has 0 spiro atoms. The van der Waals surface area contributed by atoms with Crippen LogP contribution < -0.4 is 0 Å². The van der Waals surface area contributed by atoms with E-state index in [4.69, 9.17) is 4.74 Å². The maximum atomic E-state index is 11.9. The zero-order valence-corrected chi connectivity index (χ0v) is 11.8. The van der Waals surface area contributed by atoms with Crippen LogP contribution in [-0.4, -0.2) is 75.0 Å². The van der Waals surface area contributed by atoms with Gasteiger partial charge in [0.15, 0.2) is 0 Å². The van der Waals surface area contributed by atoms with Gasteiger partial charge in [-0.2, -0.15) is 0 Å². The molecule has 7 heteroatoms. The average Bonchev–Trinajstić information content (AvgIpc) is 2.74. The van der Waals surface area contributed by atoms with Gasteiger partial charge in [-0.1, -0.05) is 13.8 Å². The predicted octanol–water partition coefficient (Wildman–Crippen LogP) is -1.71. The first-order valence-corrected chi connectivity index (χ1v) is 6.93. The minimum Gasteiger partial charge on any atom is -0.388 e. The van der Waals surface area contributed by atoms with Crippen molar-refractivity contribution in [2.24, 2.45) is 11.8 Å². The molecule has 0 bridgehead atoms. The highest BCUT2D eigenvalue weighted by Crippen LogP contribution is 2.30. The van der Waals surface area contributed by atoms with E-state index in [2.05, 4.69) is 0 Å². The third-order valence-electron chi connectivity index (χ3n) is 4.29. The Morgan fingerprint density at radius 3 is 2.60 bits per heavy atom. The maximum absolute atomic E-state index is 11.9. The summed E-state index contributed by atoms with van der Waals surface area (Å²) in [6.07, 6.45) is -3.98. The second-order valence-corrected chi connectivity index (χ2v) is 6.14. The van der Waals surface area contributed by atoms with Crippen molar-refractivity contribution in [3.63, 3.8) is 0 Å². The van der Waals surface area contributed by atoms with Gasteiger partial charge >= 0.3 is 0 Å². The van der Waals surface area contributed by atoms with Crippen molar-refractivity contribution in [2.45, 2.75) is 44.4 Å². The van der Waals surface area contributed by atoms with E-state index in [1.807, 2.05) is 13.8 Å². The van der Waals surface area contributed by atoms with Crippen LogP contribution in [-0.2, 0) is 9.53 Å². The van der Waals surface area contributed by atoms with Gasteiger partial charge in [0.2, 0.25) is 11.7 Å². The maximum Gasteiger partial charge on any atom is 0.223 e. The van der Waals surface area contributed by atoms with Gasteiger partial charge in [-0.25, -0.2) is 0 Å². The second kappa shape index (κ2) is 5.57. The lowest BCUT2D eigenvalue weighted by atomic mass is 9.95. The van der Waals surface area contributed by atoms with Crippen molar-refractivity contribution >= 4 is 5.91 Å². The number of carbonyl (C=O) groups excluding carboxylic acids is 1. The Labute approximate surface area is 117 Å². The molecule has 2 saturated heterocycles. The Balaban J connectivity index is 2.04. The molecule has 0 aliphatic carbocycles. The first kappa shape index (κ1) is 15.7. The number of rotatable bonds is 3. The highest BCUT2D eigenvalue weighted by molar-refractivity contribution is 5.78. The third-order valence-corrected chi connectivity index (χ3v) is 4.29. The summed E-state index contributed by atoms with van der Waals surface area (Å²) in [5.41, 5.74) is 0. The lowest BCUT2D eigenvalue weighted by Crippen LogP contribution is -2.64. The van der Waals surface area contributed by atoms with Gasteiger partial charge in [0.1, 0.15) is 18.3 Å². The first-order valence-electron chi connectivity index (χ1n) is 6.93. The second-order valence-electron chi connectivity index (χ2n) is 6.14. The van der Waals surface area contributed by atoms with Crippen molar-refractivity contribution in [1.29, 1.82) is 0 Å². The minimum atomic E-state index is -2.04. The Morgan fingerprint density at radius 2 is 2.05 bits per heavy atom. The van der Waals surface area contributed by atoms with Gasteiger partial charge in [0.25, 0.3) is 0 Å². The highest BCUT2D eigenvalue weighted by atomic mass is 16.6. The Bertz CT molecular complexity index is 376. The fourth-order valence-electron chi connectivity index (χ4n) is 2.71. The summed E-state index contributed by atoms with van der Waals surface area (Å²) < 4.78 is 5.07. The van der Waals surface area contributed by atoms with Crippen LogP contribution in [0.15, 0.2) is 0 Å². The summed E-state index contributed by atoms with van der Waals surface area (Å²) >= 11 is 0. The molecule has 2 fully saturated rings. The summed E-state index contributed by atoms with van der Waals surface area (Å²) in [4.78, 5) is 13.4. The van der Waals surface area contributed by atoms with Gasteiger partial charge in [0, 0.05) is 13.0 Å². The van der Waals surface area contributed by atoms with Gasteiger partial charge in [-0.15, -0.1) is 0 Å². The first-order chi connectivity index (χ1) is 9.24. The van der Waals surface area contributed by atoms with E-state index >= 15 is 0 Å². The zero-order chi connectivity index (χ0) is 15.1. The van der Waals surface area contributed by atoms with Crippen LogP contribution in [0, 0.1) is 11.8 Å². The monoisotopic (exact) mass is 289 g/mol. The third kappa shape index (κ3) is 2.82. The van der Waals surface area contributed by atoms with Crippen LogP contribution in [0.1, 0.15) is 20.3 Å². The quantitative estimate of drug-likeness (QED) is 0.492. The molecule has 4 N–H and O–H groups in total. The van der Waals surface area contributed by atoms with Crippen LogP contribution in [0.25, 0.3) is 0 Å². The van der Waals surface area contributed by atoms with Gasteiger partial charge in [-0.3, -0.25) is 4.79 Å². The summed E-state index contributed by atoms with van der Waals surface area (Å²) in [5, 5.41) is 39.2. The number of likely N-dealkylation sites (tertiary alicyclic amines) is 1. The molecule has 7 nitrogen and oxygen atoms in total. The molecule has 0 aromatic carbocycles. The number of amides is 1. The number of nitrogens with zero attached hydrogens (tertiary/aromatic N) is 1. The molecule has 116 valence electrons. The fourth-order valence-corrected chi connectivity index (χ4v) is 2.71. The molecular weight excluding hydrogens is 266 g/mol. The molecule has 0 aromatic rings. The minimum absolute atomic E-state index is 0.103. The summed E-state index contributed by atoms with van der Waals surface area (Å²) in [6.45, 7) is 4.06. The number of aliphatic hydroxyl groups is 4. The molecule has 1 amide bonds. The molecule has 0 saturated carbocycles. The number of ether oxygens (including phenoxy) is 1. The summed E-state index contributed by atoms with van der Waals surface area (Å²) in [6, 6.07) is 0. The van der Waals surface area contributed by atoms with Gasteiger partial charge < -0.3 is 30.1 Å². The van der Waals surface area contributed by atoms with Crippen molar-refractivity contribution in [3.05, 3.63) is 0 Å². The molecule has 2 rings (SSSR count). The number of carbonyl (C=O) groups is 1. The molecule has 2 aliphatic rings. The Hall–Kier alpha value is -0.730. The van der Waals surface area contributed by atoms with Crippen LogP contribution >= 0.6 is 0 Å². The topological polar surface area (TPSA) is 110 Å². The van der Waals surface area contributed by atoms with E-state index in [-0.39, 0.29) is 25.0 Å². The molecule has 20 heavy (non-hydrogen) atoms. The average molecular weight is 289 g/mol. The van der Waals surface area contributed by atoms with Gasteiger partial charge in [0.05, 0.1) is 13.2 Å². The van der Waals surface area contributed by atoms with Crippen molar-refractivity contribution in [1.82, 2.24) is 4.90 Å². The van der Waals surface area contributed by atoms with E-state index in [1.54, 1.807) is 0 Å². The lowest BCUT2D eigenvalue weighted by molar-refractivity contribution is -0.323. The summed E-state index contributed by atoms with van der Waals surface area (Å²) in [5.74, 6) is -1.58. The number of β-amino-alcohol motifs (C(OH)–C–C–N with tert-alkyl or cyclic N) is 1. The van der Waals surface area contributed by atoms with E-state index in [0.29, 0.717) is 18.9 Å². The van der Waals surface area contributed by atoms with Crippen molar-refractivity contribution < 1.29 is 30.0 Å². The fraction of sp³-hybridized carbons (Fsp3) is 0.923. The molecule has 5 atom stereocenters. The number of aliphatic hydroxyl groups excluding tert-OH is 3. The van der Waals surface area contributed by atoms with Crippen molar-refractivity contribution in [2.75, 3.05) is 19.7 Å². The Kier molecular flexibility index (Phi) is 4.36. The molecule has 0 aromatic heterocycles. The predicted molar refractivity (Wildman–Crippen MR) is 68.4 cm³/mol. The van der Waals surface area contributed by atoms with E-state index in [1.165, 1.54) is 4.90 Å². The molecule has 2 heterocycles. The van der Waals surface area contributed by atoms with E-state index < -0.39 is 24.1 Å². The van der Waals surface area contributed by atoms with Crippen LogP contribution in [0.3, 0.4) is 0 Å². The zero-order valence-electron chi connectivity index (χ0n) is 11.8. The van der Waals surface area contributed by atoms with Crippen molar-refractivity contribution in [3.8, 4) is 0 Å². The van der Waals surface area contributed by atoms with Crippen LogP contribution in [0.2, 0.25) is 0 Å². The summed E-state index contributed by atoms with van der Waals surface area (Å²) in [7, 11) is 0. The molecular formula is C13H23NO6.